The zero-order valence-corrected chi connectivity index (χ0v) is 9.32. The zero-order chi connectivity index (χ0) is 10.6. The highest BCUT2D eigenvalue weighted by Gasteiger charge is 1.92. The van der Waals surface area contributed by atoms with E-state index in [1.807, 2.05) is 38.2 Å². The lowest BCUT2D eigenvalue weighted by atomic mass is 10.1. The zero-order valence-electron chi connectivity index (χ0n) is 9.32. The minimum absolute atomic E-state index is 0.145. The third kappa shape index (κ3) is 11.2. The molecule has 0 heterocycles. The largest absolute Gasteiger partial charge is 0.393 e. The molecular formula is C13H22O. The van der Waals surface area contributed by atoms with Crippen LogP contribution in [0.1, 0.15) is 39.5 Å². The summed E-state index contributed by atoms with van der Waals surface area (Å²) < 4.78 is 0. The summed E-state index contributed by atoms with van der Waals surface area (Å²) in [6.45, 7) is 3.85. The van der Waals surface area contributed by atoms with Gasteiger partial charge in [-0.3, -0.25) is 0 Å². The Morgan fingerprint density at radius 1 is 1.07 bits per heavy atom. The van der Waals surface area contributed by atoms with Crippen molar-refractivity contribution in [2.24, 2.45) is 0 Å². The molecule has 0 fully saturated rings. The normalized spacial score (nSPS) is 14.8. The van der Waals surface area contributed by atoms with Crippen LogP contribution in [-0.2, 0) is 0 Å². The molecule has 0 aliphatic rings. The number of unbranched alkanes of at least 4 members (excludes halogenated alkanes) is 2. The van der Waals surface area contributed by atoms with Crippen LogP contribution >= 0.6 is 0 Å². The molecule has 0 radical (unpaired) electrons. The Kier molecular flexibility index (Phi) is 9.66. The van der Waals surface area contributed by atoms with Crippen LogP contribution in [0.2, 0.25) is 0 Å². The summed E-state index contributed by atoms with van der Waals surface area (Å²) in [6.07, 6.45) is 16.5. The van der Waals surface area contributed by atoms with Crippen LogP contribution in [0.4, 0.5) is 0 Å². The standard InChI is InChI=1S/C13H22O/c1-3-4-5-6-7-8-9-10-11-12-13(2)14/h3-8,13-14H,9-12H2,1-2H3/b4-3+,6-5+,8-7+. The fourth-order valence-corrected chi connectivity index (χ4v) is 1.12. The molecule has 0 aromatic carbocycles. The van der Waals surface area contributed by atoms with E-state index in [-0.39, 0.29) is 6.10 Å². The van der Waals surface area contributed by atoms with Crippen molar-refractivity contribution in [3.8, 4) is 0 Å². The van der Waals surface area contributed by atoms with Gasteiger partial charge in [0.15, 0.2) is 0 Å². The number of rotatable bonds is 7. The van der Waals surface area contributed by atoms with Gasteiger partial charge in [0.2, 0.25) is 0 Å². The third-order valence-corrected chi connectivity index (χ3v) is 1.90. The van der Waals surface area contributed by atoms with E-state index in [2.05, 4.69) is 12.2 Å². The van der Waals surface area contributed by atoms with Gasteiger partial charge in [-0.2, -0.15) is 0 Å². The lowest BCUT2D eigenvalue weighted by Crippen LogP contribution is -1.97. The maximum atomic E-state index is 9.02. The van der Waals surface area contributed by atoms with Gasteiger partial charge in [0, 0.05) is 0 Å². The molecule has 0 rings (SSSR count). The topological polar surface area (TPSA) is 20.2 Å². The number of aliphatic hydroxyl groups is 1. The van der Waals surface area contributed by atoms with Crippen molar-refractivity contribution < 1.29 is 5.11 Å². The SMILES string of the molecule is C/C=C/C=C/C=C/CCCCC(C)O. The molecule has 0 spiro atoms. The first-order valence-corrected chi connectivity index (χ1v) is 5.40. The lowest BCUT2D eigenvalue weighted by molar-refractivity contribution is 0.181. The van der Waals surface area contributed by atoms with E-state index in [1.54, 1.807) is 0 Å². The molecule has 1 nitrogen and oxygen atoms in total. The third-order valence-electron chi connectivity index (χ3n) is 1.90. The van der Waals surface area contributed by atoms with Crippen molar-refractivity contribution >= 4 is 0 Å². The van der Waals surface area contributed by atoms with Crippen LogP contribution in [-0.4, -0.2) is 11.2 Å². The van der Waals surface area contributed by atoms with Crippen molar-refractivity contribution in [1.29, 1.82) is 0 Å². The molecule has 0 saturated heterocycles. The predicted octanol–water partition coefficient (Wildman–Crippen LogP) is 3.62. The molecule has 80 valence electrons. The van der Waals surface area contributed by atoms with E-state index in [0.29, 0.717) is 0 Å². The molecule has 14 heavy (non-hydrogen) atoms. The van der Waals surface area contributed by atoms with Gasteiger partial charge in [0.1, 0.15) is 0 Å². The summed E-state index contributed by atoms with van der Waals surface area (Å²) in [5.74, 6) is 0. The van der Waals surface area contributed by atoms with Crippen LogP contribution in [0.15, 0.2) is 36.5 Å². The minimum atomic E-state index is -0.145. The molecule has 1 unspecified atom stereocenters. The van der Waals surface area contributed by atoms with E-state index in [1.165, 1.54) is 6.42 Å². The average Bonchev–Trinajstić information content (AvgIpc) is 2.15. The van der Waals surface area contributed by atoms with Crippen LogP contribution < -0.4 is 0 Å². The van der Waals surface area contributed by atoms with Gasteiger partial charge in [-0.25, -0.2) is 0 Å². The summed E-state index contributed by atoms with van der Waals surface area (Å²) >= 11 is 0. The quantitative estimate of drug-likeness (QED) is 0.485. The van der Waals surface area contributed by atoms with Crippen molar-refractivity contribution in [2.45, 2.75) is 45.6 Å². The van der Waals surface area contributed by atoms with Crippen LogP contribution in [0.3, 0.4) is 0 Å². The van der Waals surface area contributed by atoms with Crippen LogP contribution in [0.5, 0.6) is 0 Å². The average molecular weight is 194 g/mol. The first-order valence-electron chi connectivity index (χ1n) is 5.40. The molecule has 1 N–H and O–H groups in total. The maximum absolute atomic E-state index is 9.02. The van der Waals surface area contributed by atoms with E-state index in [0.717, 1.165) is 19.3 Å². The van der Waals surface area contributed by atoms with Gasteiger partial charge in [-0.05, 0) is 33.1 Å². The Balaban J connectivity index is 3.27. The second-order valence-electron chi connectivity index (χ2n) is 3.47. The molecule has 0 aliphatic carbocycles. The van der Waals surface area contributed by atoms with Gasteiger partial charge in [-0.15, -0.1) is 0 Å². The Morgan fingerprint density at radius 3 is 2.43 bits per heavy atom. The van der Waals surface area contributed by atoms with Gasteiger partial charge in [-0.1, -0.05) is 42.9 Å². The van der Waals surface area contributed by atoms with E-state index < -0.39 is 0 Å². The molecule has 0 amide bonds. The highest BCUT2D eigenvalue weighted by Crippen LogP contribution is 2.03. The fourth-order valence-electron chi connectivity index (χ4n) is 1.12. The second kappa shape index (κ2) is 10.3. The lowest BCUT2D eigenvalue weighted by Gasteiger charge is -2.00. The van der Waals surface area contributed by atoms with E-state index >= 15 is 0 Å². The maximum Gasteiger partial charge on any atom is 0.0512 e. The van der Waals surface area contributed by atoms with Crippen molar-refractivity contribution in [1.82, 2.24) is 0 Å². The van der Waals surface area contributed by atoms with Crippen LogP contribution in [0.25, 0.3) is 0 Å². The first-order chi connectivity index (χ1) is 6.77. The Morgan fingerprint density at radius 2 is 1.79 bits per heavy atom. The summed E-state index contributed by atoms with van der Waals surface area (Å²) in [5, 5.41) is 9.02. The molecule has 1 atom stereocenters. The second-order valence-corrected chi connectivity index (χ2v) is 3.47. The van der Waals surface area contributed by atoms with Gasteiger partial charge in [0.05, 0.1) is 6.10 Å². The monoisotopic (exact) mass is 194 g/mol. The summed E-state index contributed by atoms with van der Waals surface area (Å²) in [5.41, 5.74) is 0. The molecular weight excluding hydrogens is 172 g/mol. The molecule has 0 saturated carbocycles. The summed E-state index contributed by atoms with van der Waals surface area (Å²) in [7, 11) is 0. The highest BCUT2D eigenvalue weighted by atomic mass is 16.3. The van der Waals surface area contributed by atoms with Crippen molar-refractivity contribution in [3.05, 3.63) is 36.5 Å². The van der Waals surface area contributed by atoms with Crippen LogP contribution in [0, 0.1) is 0 Å². The van der Waals surface area contributed by atoms with Gasteiger partial charge < -0.3 is 5.11 Å². The highest BCUT2D eigenvalue weighted by molar-refractivity contribution is 5.10. The molecule has 0 aromatic rings. The first kappa shape index (κ1) is 13.2. The number of allylic oxidation sites excluding steroid dienone is 6. The van der Waals surface area contributed by atoms with E-state index in [9.17, 15) is 0 Å². The summed E-state index contributed by atoms with van der Waals surface area (Å²) in [4.78, 5) is 0. The fraction of sp³-hybridized carbons (Fsp3) is 0.538. The smallest absolute Gasteiger partial charge is 0.0512 e. The Bertz CT molecular complexity index is 187. The number of aliphatic hydroxyl groups excluding tert-OH is 1. The minimum Gasteiger partial charge on any atom is -0.393 e. The number of hydrogen-bond donors (Lipinski definition) is 1. The predicted molar refractivity (Wildman–Crippen MR) is 63.2 cm³/mol. The Hall–Kier alpha value is -0.820. The molecule has 1 heteroatoms. The van der Waals surface area contributed by atoms with Crippen molar-refractivity contribution in [2.75, 3.05) is 0 Å². The van der Waals surface area contributed by atoms with Gasteiger partial charge >= 0.3 is 0 Å². The molecule has 0 bridgehead atoms. The van der Waals surface area contributed by atoms with Crippen molar-refractivity contribution in [3.63, 3.8) is 0 Å². The number of hydrogen-bond acceptors (Lipinski definition) is 1. The molecule has 0 aliphatic heterocycles. The van der Waals surface area contributed by atoms with E-state index in [4.69, 9.17) is 5.11 Å². The summed E-state index contributed by atoms with van der Waals surface area (Å²) in [6, 6.07) is 0. The van der Waals surface area contributed by atoms with Gasteiger partial charge in [0.25, 0.3) is 0 Å². The molecule has 0 aromatic heterocycles. The Labute approximate surface area is 87.8 Å².